The second-order valence-corrected chi connectivity index (χ2v) is 7.28. The summed E-state index contributed by atoms with van der Waals surface area (Å²) in [5.41, 5.74) is 0.667. The predicted octanol–water partition coefficient (Wildman–Crippen LogP) is 3.62. The zero-order valence-corrected chi connectivity index (χ0v) is 16.7. The Hall–Kier alpha value is -3.03. The van der Waals surface area contributed by atoms with Crippen molar-refractivity contribution in [3.63, 3.8) is 0 Å². The van der Waals surface area contributed by atoms with Gasteiger partial charge in [-0.05, 0) is 23.8 Å². The van der Waals surface area contributed by atoms with Crippen molar-refractivity contribution in [2.24, 2.45) is 0 Å². The molecule has 1 atom stereocenters. The van der Waals surface area contributed by atoms with Crippen molar-refractivity contribution in [1.29, 1.82) is 0 Å². The van der Waals surface area contributed by atoms with Crippen molar-refractivity contribution in [3.8, 4) is 0 Å². The summed E-state index contributed by atoms with van der Waals surface area (Å²) in [6, 6.07) is 14.1. The minimum absolute atomic E-state index is 0.0960. The zero-order chi connectivity index (χ0) is 21.7. The summed E-state index contributed by atoms with van der Waals surface area (Å²) >= 11 is 0. The summed E-state index contributed by atoms with van der Waals surface area (Å²) in [7, 11) is 0. The Morgan fingerprint density at radius 3 is 2.27 bits per heavy atom. The fraction of sp³-hybridized carbons (Fsp3) is 0.364. The molecule has 2 aromatic carbocycles. The quantitative estimate of drug-likeness (QED) is 0.806. The predicted molar refractivity (Wildman–Crippen MR) is 108 cm³/mol. The van der Waals surface area contributed by atoms with Crippen LogP contribution in [0.5, 0.6) is 0 Å². The van der Waals surface area contributed by atoms with Crippen LogP contribution in [0.1, 0.15) is 30.5 Å². The van der Waals surface area contributed by atoms with Gasteiger partial charge in [-0.2, -0.15) is 13.2 Å². The van der Waals surface area contributed by atoms with Gasteiger partial charge in [0.2, 0.25) is 11.8 Å². The molecule has 1 fully saturated rings. The Labute approximate surface area is 173 Å². The monoisotopic (exact) mass is 419 g/mol. The van der Waals surface area contributed by atoms with Crippen molar-refractivity contribution in [2.75, 3.05) is 31.1 Å². The van der Waals surface area contributed by atoms with Crippen LogP contribution in [-0.2, 0) is 15.8 Å². The molecule has 1 N–H and O–H groups in total. The molecule has 160 valence electrons. The van der Waals surface area contributed by atoms with Gasteiger partial charge in [0.25, 0.3) is 0 Å². The first-order chi connectivity index (χ1) is 14.2. The summed E-state index contributed by atoms with van der Waals surface area (Å²) in [5.74, 6) is -0.313. The Kier molecular flexibility index (Phi) is 6.64. The van der Waals surface area contributed by atoms with Gasteiger partial charge in [0.1, 0.15) is 0 Å². The molecular formula is C22H24F3N3O2. The van der Waals surface area contributed by atoms with E-state index in [9.17, 15) is 22.8 Å². The maximum absolute atomic E-state index is 13.0. The minimum atomic E-state index is -4.38. The lowest BCUT2D eigenvalue weighted by Gasteiger charge is -2.37. The van der Waals surface area contributed by atoms with Crippen LogP contribution >= 0.6 is 0 Å². The fourth-order valence-corrected chi connectivity index (χ4v) is 3.58. The molecule has 0 spiro atoms. The molecule has 0 unspecified atom stereocenters. The summed E-state index contributed by atoms with van der Waals surface area (Å²) in [6.07, 6.45) is -4.25. The molecule has 1 saturated heterocycles. The third kappa shape index (κ3) is 5.52. The number of hydrogen-bond acceptors (Lipinski definition) is 3. The van der Waals surface area contributed by atoms with Crippen LogP contribution in [0.2, 0.25) is 0 Å². The highest BCUT2D eigenvalue weighted by Crippen LogP contribution is 2.32. The van der Waals surface area contributed by atoms with Gasteiger partial charge >= 0.3 is 6.18 Å². The SMILES string of the molecule is CC(=O)N[C@@H](CC(=O)N1CCN(c2cccc(C(F)(F)F)c2)CC1)c1ccccc1. The Balaban J connectivity index is 1.61. The number of rotatable bonds is 5. The highest BCUT2D eigenvalue weighted by molar-refractivity contribution is 5.79. The molecule has 1 aliphatic heterocycles. The fourth-order valence-electron chi connectivity index (χ4n) is 3.58. The van der Waals surface area contributed by atoms with Crippen molar-refractivity contribution in [1.82, 2.24) is 10.2 Å². The lowest BCUT2D eigenvalue weighted by Crippen LogP contribution is -2.49. The van der Waals surface area contributed by atoms with E-state index in [4.69, 9.17) is 0 Å². The van der Waals surface area contributed by atoms with Crippen LogP contribution in [0.15, 0.2) is 54.6 Å². The van der Waals surface area contributed by atoms with Gasteiger partial charge in [0, 0.05) is 38.8 Å². The van der Waals surface area contributed by atoms with E-state index < -0.39 is 17.8 Å². The molecule has 3 rings (SSSR count). The molecule has 5 nitrogen and oxygen atoms in total. The van der Waals surface area contributed by atoms with Crippen LogP contribution < -0.4 is 10.2 Å². The molecule has 0 radical (unpaired) electrons. The second kappa shape index (κ2) is 9.19. The van der Waals surface area contributed by atoms with E-state index in [1.54, 1.807) is 11.0 Å². The van der Waals surface area contributed by atoms with Crippen LogP contribution in [0.4, 0.5) is 18.9 Å². The number of carbonyl (C=O) groups excluding carboxylic acids is 2. The molecular weight excluding hydrogens is 395 g/mol. The maximum atomic E-state index is 13.0. The molecule has 0 aromatic heterocycles. The van der Waals surface area contributed by atoms with Crippen molar-refractivity contribution in [2.45, 2.75) is 25.6 Å². The first kappa shape index (κ1) is 21.7. The van der Waals surface area contributed by atoms with Crippen molar-refractivity contribution in [3.05, 3.63) is 65.7 Å². The summed E-state index contributed by atoms with van der Waals surface area (Å²) in [5, 5.41) is 2.82. The number of halogens is 3. The molecule has 1 heterocycles. The van der Waals surface area contributed by atoms with E-state index in [-0.39, 0.29) is 18.2 Å². The van der Waals surface area contributed by atoms with Gasteiger partial charge in [-0.15, -0.1) is 0 Å². The van der Waals surface area contributed by atoms with E-state index in [0.717, 1.165) is 17.7 Å². The number of carbonyl (C=O) groups is 2. The molecule has 0 saturated carbocycles. The van der Waals surface area contributed by atoms with Crippen LogP contribution in [-0.4, -0.2) is 42.9 Å². The van der Waals surface area contributed by atoms with Crippen molar-refractivity contribution < 1.29 is 22.8 Å². The molecule has 0 bridgehead atoms. The van der Waals surface area contributed by atoms with Crippen molar-refractivity contribution >= 4 is 17.5 Å². The summed E-state index contributed by atoms with van der Waals surface area (Å²) in [6.45, 7) is 3.13. The maximum Gasteiger partial charge on any atom is 0.416 e. The zero-order valence-electron chi connectivity index (χ0n) is 16.7. The van der Waals surface area contributed by atoms with Crippen LogP contribution in [0.3, 0.4) is 0 Å². The number of nitrogens with one attached hydrogen (secondary N) is 1. The molecule has 1 aliphatic rings. The highest BCUT2D eigenvalue weighted by atomic mass is 19.4. The standard InChI is InChI=1S/C22H24F3N3O2/c1-16(29)26-20(17-6-3-2-4-7-17)15-21(30)28-12-10-27(11-13-28)19-9-5-8-18(14-19)22(23,24)25/h2-9,14,20H,10-13,15H2,1H3,(H,26,29)/t20-/m0/s1. The van der Waals surface area contributed by atoms with Gasteiger partial charge in [-0.3, -0.25) is 9.59 Å². The average molecular weight is 419 g/mol. The van der Waals surface area contributed by atoms with Gasteiger partial charge in [0.15, 0.2) is 0 Å². The van der Waals surface area contributed by atoms with Gasteiger partial charge in [-0.25, -0.2) is 0 Å². The number of amides is 2. The second-order valence-electron chi connectivity index (χ2n) is 7.28. The van der Waals surface area contributed by atoms with E-state index in [1.807, 2.05) is 35.2 Å². The number of nitrogens with zero attached hydrogens (tertiary/aromatic N) is 2. The smallest absolute Gasteiger partial charge is 0.368 e. The van der Waals surface area contributed by atoms with Crippen LogP contribution in [0.25, 0.3) is 0 Å². The lowest BCUT2D eigenvalue weighted by atomic mass is 10.0. The summed E-state index contributed by atoms with van der Waals surface area (Å²) < 4.78 is 38.9. The Morgan fingerprint density at radius 2 is 1.67 bits per heavy atom. The minimum Gasteiger partial charge on any atom is -0.368 e. The number of benzene rings is 2. The molecule has 2 aromatic rings. The highest BCUT2D eigenvalue weighted by Gasteiger charge is 2.31. The molecule has 2 amide bonds. The van der Waals surface area contributed by atoms with Gasteiger partial charge in [-0.1, -0.05) is 36.4 Å². The van der Waals surface area contributed by atoms with Gasteiger partial charge in [0.05, 0.1) is 18.0 Å². The molecule has 0 aliphatic carbocycles. The number of alkyl halides is 3. The van der Waals surface area contributed by atoms with Crippen LogP contribution in [0, 0.1) is 0 Å². The Morgan fingerprint density at radius 1 is 1.00 bits per heavy atom. The normalized spacial score (nSPS) is 15.6. The first-order valence-electron chi connectivity index (χ1n) is 9.76. The third-order valence-electron chi connectivity index (χ3n) is 5.13. The summed E-state index contributed by atoms with van der Waals surface area (Å²) in [4.78, 5) is 27.9. The Bertz CT molecular complexity index is 879. The third-order valence-corrected chi connectivity index (χ3v) is 5.13. The first-order valence-corrected chi connectivity index (χ1v) is 9.76. The van der Waals surface area contributed by atoms with E-state index in [2.05, 4.69) is 5.32 Å². The van der Waals surface area contributed by atoms with E-state index in [0.29, 0.717) is 31.9 Å². The molecule has 8 heteroatoms. The van der Waals surface area contributed by atoms with E-state index in [1.165, 1.54) is 13.0 Å². The largest absolute Gasteiger partial charge is 0.416 e. The molecule has 30 heavy (non-hydrogen) atoms. The van der Waals surface area contributed by atoms with E-state index >= 15 is 0 Å². The topological polar surface area (TPSA) is 52.7 Å². The average Bonchev–Trinajstić information content (AvgIpc) is 2.73. The number of anilines is 1. The lowest BCUT2D eigenvalue weighted by molar-refractivity contribution is -0.137. The number of piperazine rings is 1. The number of hydrogen-bond donors (Lipinski definition) is 1. The van der Waals surface area contributed by atoms with Gasteiger partial charge < -0.3 is 15.1 Å².